The standard InChI is InChI=1S/C19H14N4O6S2/c1-31(27,28)14-5-2-11(3-6-14)8-17-21-22-19(29-17)20-18(24)16-10-12-9-13(23(25)26)4-7-15(12)30-16/h2-7,9-10H,8H2,1H3,(H,20,22,24). The first kappa shape index (κ1) is 20.6. The molecule has 0 unspecified atom stereocenters. The molecule has 0 fully saturated rings. The molecule has 0 aliphatic carbocycles. The number of aromatic nitrogens is 2. The van der Waals surface area contributed by atoms with Crippen LogP contribution in [0, 0.1) is 10.1 Å². The molecule has 4 aromatic rings. The van der Waals surface area contributed by atoms with E-state index in [0.717, 1.165) is 16.5 Å². The second-order valence-electron chi connectivity index (χ2n) is 6.64. The zero-order chi connectivity index (χ0) is 22.2. The molecule has 0 spiro atoms. The van der Waals surface area contributed by atoms with Crippen molar-refractivity contribution in [3.63, 3.8) is 0 Å². The van der Waals surface area contributed by atoms with E-state index in [0.29, 0.717) is 10.3 Å². The van der Waals surface area contributed by atoms with Gasteiger partial charge in [-0.1, -0.05) is 17.2 Å². The average molecular weight is 458 g/mol. The molecule has 0 bridgehead atoms. The number of carbonyl (C=O) groups excluding carboxylic acids is 1. The minimum Gasteiger partial charge on any atom is -0.407 e. The van der Waals surface area contributed by atoms with Crippen LogP contribution in [0.25, 0.3) is 10.1 Å². The predicted octanol–water partition coefficient (Wildman–Crippen LogP) is 3.44. The molecule has 0 aliphatic heterocycles. The van der Waals surface area contributed by atoms with Gasteiger partial charge < -0.3 is 4.42 Å². The van der Waals surface area contributed by atoms with Crippen molar-refractivity contribution in [2.24, 2.45) is 0 Å². The highest BCUT2D eigenvalue weighted by Crippen LogP contribution is 2.29. The van der Waals surface area contributed by atoms with Gasteiger partial charge in [0.25, 0.3) is 11.6 Å². The fourth-order valence-electron chi connectivity index (χ4n) is 2.82. The van der Waals surface area contributed by atoms with E-state index in [1.54, 1.807) is 24.3 Å². The lowest BCUT2D eigenvalue weighted by atomic mass is 10.1. The molecule has 1 amide bonds. The number of nitrogens with one attached hydrogen (secondary N) is 1. The Kier molecular flexibility index (Phi) is 5.25. The second-order valence-corrected chi connectivity index (χ2v) is 9.74. The third kappa shape index (κ3) is 4.59. The summed E-state index contributed by atoms with van der Waals surface area (Å²) in [6, 6.07) is 12.1. The summed E-state index contributed by atoms with van der Waals surface area (Å²) in [6.45, 7) is 0. The van der Waals surface area contributed by atoms with Crippen LogP contribution in [0.2, 0.25) is 0 Å². The number of nitro benzene ring substituents is 1. The normalized spacial score (nSPS) is 11.5. The molecule has 31 heavy (non-hydrogen) atoms. The van der Waals surface area contributed by atoms with Gasteiger partial charge in [0.05, 0.1) is 21.1 Å². The number of nitro groups is 1. The maximum Gasteiger partial charge on any atom is 0.322 e. The molecule has 0 atom stereocenters. The Hall–Kier alpha value is -3.64. The molecule has 158 valence electrons. The summed E-state index contributed by atoms with van der Waals surface area (Å²) in [6.07, 6.45) is 1.40. The van der Waals surface area contributed by atoms with Gasteiger partial charge in [-0.15, -0.1) is 16.4 Å². The van der Waals surface area contributed by atoms with Crippen LogP contribution in [-0.4, -0.2) is 35.7 Å². The summed E-state index contributed by atoms with van der Waals surface area (Å²) in [5, 5.41) is 21.7. The van der Waals surface area contributed by atoms with Gasteiger partial charge in [0.1, 0.15) is 0 Å². The average Bonchev–Trinajstić information content (AvgIpc) is 3.33. The predicted molar refractivity (Wildman–Crippen MR) is 113 cm³/mol. The number of amides is 1. The first-order valence-corrected chi connectivity index (χ1v) is 11.5. The first-order valence-electron chi connectivity index (χ1n) is 8.80. The molecule has 2 heterocycles. The maximum atomic E-state index is 12.5. The van der Waals surface area contributed by atoms with E-state index in [4.69, 9.17) is 4.42 Å². The van der Waals surface area contributed by atoms with E-state index in [-0.39, 0.29) is 28.9 Å². The number of anilines is 1. The van der Waals surface area contributed by atoms with Crippen LogP contribution < -0.4 is 5.32 Å². The minimum atomic E-state index is -3.28. The van der Waals surface area contributed by atoms with Crippen molar-refractivity contribution in [1.82, 2.24) is 10.2 Å². The van der Waals surface area contributed by atoms with E-state index in [9.17, 15) is 23.3 Å². The van der Waals surface area contributed by atoms with Gasteiger partial charge >= 0.3 is 6.01 Å². The van der Waals surface area contributed by atoms with Gasteiger partial charge in [0, 0.05) is 28.5 Å². The van der Waals surface area contributed by atoms with Crippen molar-refractivity contribution >= 4 is 48.9 Å². The number of benzene rings is 2. The van der Waals surface area contributed by atoms with Gasteiger partial charge in [-0.05, 0) is 29.8 Å². The van der Waals surface area contributed by atoms with E-state index in [1.807, 2.05) is 0 Å². The van der Waals surface area contributed by atoms with Crippen LogP contribution in [0.1, 0.15) is 21.1 Å². The van der Waals surface area contributed by atoms with Crippen LogP contribution in [0.5, 0.6) is 0 Å². The largest absolute Gasteiger partial charge is 0.407 e. The van der Waals surface area contributed by atoms with Crippen molar-refractivity contribution < 1.29 is 22.6 Å². The highest BCUT2D eigenvalue weighted by Gasteiger charge is 2.16. The third-order valence-corrected chi connectivity index (χ3v) is 6.57. The zero-order valence-electron chi connectivity index (χ0n) is 15.9. The number of thiophene rings is 1. The second kappa shape index (κ2) is 7.89. The molecule has 10 nitrogen and oxygen atoms in total. The zero-order valence-corrected chi connectivity index (χ0v) is 17.6. The van der Waals surface area contributed by atoms with Crippen molar-refractivity contribution in [2.45, 2.75) is 11.3 Å². The quantitative estimate of drug-likeness (QED) is 0.342. The molecule has 0 saturated carbocycles. The van der Waals surface area contributed by atoms with E-state index >= 15 is 0 Å². The van der Waals surface area contributed by atoms with Crippen LogP contribution >= 0.6 is 11.3 Å². The Morgan fingerprint density at radius 1 is 1.16 bits per heavy atom. The molecular weight excluding hydrogens is 444 g/mol. The number of fused-ring (bicyclic) bond motifs is 1. The molecule has 4 rings (SSSR count). The number of hydrogen-bond acceptors (Lipinski definition) is 9. The molecule has 12 heteroatoms. The number of non-ortho nitro benzene ring substituents is 1. The molecule has 0 aliphatic rings. The monoisotopic (exact) mass is 458 g/mol. The number of carbonyl (C=O) groups is 1. The minimum absolute atomic E-state index is 0.0524. The highest BCUT2D eigenvalue weighted by molar-refractivity contribution is 7.90. The van der Waals surface area contributed by atoms with Crippen molar-refractivity contribution in [2.75, 3.05) is 11.6 Å². The summed E-state index contributed by atoms with van der Waals surface area (Å²) < 4.78 is 29.2. The molecule has 0 radical (unpaired) electrons. The third-order valence-electron chi connectivity index (χ3n) is 4.33. The van der Waals surface area contributed by atoms with E-state index in [2.05, 4.69) is 15.5 Å². The number of sulfone groups is 1. The van der Waals surface area contributed by atoms with Crippen LogP contribution in [0.3, 0.4) is 0 Å². The summed E-state index contributed by atoms with van der Waals surface area (Å²) in [5.41, 5.74) is 0.711. The lowest BCUT2D eigenvalue weighted by Gasteiger charge is -2.00. The first-order chi connectivity index (χ1) is 14.7. The van der Waals surface area contributed by atoms with Crippen molar-refractivity contribution in [3.8, 4) is 0 Å². The van der Waals surface area contributed by atoms with Crippen molar-refractivity contribution in [3.05, 3.63) is 75.0 Å². The SMILES string of the molecule is CS(=O)(=O)c1ccc(Cc2nnc(NC(=O)c3cc4cc([N+](=O)[O-])ccc4s3)o2)cc1. The van der Waals surface area contributed by atoms with Crippen LogP contribution in [-0.2, 0) is 16.3 Å². The smallest absolute Gasteiger partial charge is 0.322 e. The van der Waals surface area contributed by atoms with Gasteiger partial charge in [-0.25, -0.2) is 8.42 Å². The Morgan fingerprint density at radius 3 is 2.58 bits per heavy atom. The number of hydrogen-bond donors (Lipinski definition) is 1. The van der Waals surface area contributed by atoms with Crippen LogP contribution in [0.15, 0.2) is 57.8 Å². The summed E-state index contributed by atoms with van der Waals surface area (Å²) in [4.78, 5) is 23.4. The number of nitrogens with zero attached hydrogens (tertiary/aromatic N) is 3. The molecule has 0 saturated heterocycles. The van der Waals surface area contributed by atoms with E-state index in [1.165, 1.54) is 35.6 Å². The van der Waals surface area contributed by atoms with Crippen molar-refractivity contribution in [1.29, 1.82) is 0 Å². The topological polar surface area (TPSA) is 145 Å². The van der Waals surface area contributed by atoms with Gasteiger partial charge in [-0.2, -0.15) is 0 Å². The fourth-order valence-corrected chi connectivity index (χ4v) is 4.39. The molecule has 1 N–H and O–H groups in total. The summed E-state index contributed by atoms with van der Waals surface area (Å²) >= 11 is 1.18. The van der Waals surface area contributed by atoms with Crippen LogP contribution in [0.4, 0.5) is 11.7 Å². The lowest BCUT2D eigenvalue weighted by molar-refractivity contribution is -0.384. The maximum absolute atomic E-state index is 12.5. The van der Waals surface area contributed by atoms with E-state index < -0.39 is 20.7 Å². The number of rotatable bonds is 6. The van der Waals surface area contributed by atoms with Gasteiger partial charge in [0.15, 0.2) is 9.84 Å². The van der Waals surface area contributed by atoms with Gasteiger partial charge in [0.2, 0.25) is 5.89 Å². The summed E-state index contributed by atoms with van der Waals surface area (Å²) in [5.74, 6) is -0.231. The molecular formula is C19H14N4O6S2. The molecule has 2 aromatic carbocycles. The Balaban J connectivity index is 1.45. The summed E-state index contributed by atoms with van der Waals surface area (Å²) in [7, 11) is -3.28. The highest BCUT2D eigenvalue weighted by atomic mass is 32.2. The Labute approximate surface area is 179 Å². The fraction of sp³-hybridized carbons (Fsp3) is 0.105. The lowest BCUT2D eigenvalue weighted by Crippen LogP contribution is -2.10. The Morgan fingerprint density at radius 2 is 1.90 bits per heavy atom. The Bertz CT molecular complexity index is 1410. The molecule has 2 aromatic heterocycles. The van der Waals surface area contributed by atoms with Gasteiger partial charge in [-0.3, -0.25) is 20.2 Å².